The maximum Gasteiger partial charge on any atom is 0.407 e. The van der Waals surface area contributed by atoms with E-state index in [1.807, 2.05) is 61.4 Å². The number of carbonyl (C=O) groups is 4. The van der Waals surface area contributed by atoms with E-state index in [0.717, 1.165) is 35.1 Å². The number of alkyl carbamates (subject to hydrolysis) is 2. The molecule has 8 atom stereocenters. The highest BCUT2D eigenvalue weighted by Crippen LogP contribution is 2.54. The lowest BCUT2D eigenvalue weighted by atomic mass is 9.82. The van der Waals surface area contributed by atoms with Crippen LogP contribution in [0, 0.1) is 23.6 Å². The zero-order valence-electron chi connectivity index (χ0n) is 41.7. The van der Waals surface area contributed by atoms with Gasteiger partial charge in [-0.3, -0.25) is 14.2 Å². The predicted octanol–water partition coefficient (Wildman–Crippen LogP) is 9.80. The number of rotatable bonds is 12. The quantitative estimate of drug-likeness (QED) is 0.0915. The van der Waals surface area contributed by atoms with Crippen molar-refractivity contribution in [3.8, 4) is 39.5 Å². The summed E-state index contributed by atoms with van der Waals surface area (Å²) in [6.07, 6.45) is 2.45. The van der Waals surface area contributed by atoms with Gasteiger partial charge in [0, 0.05) is 35.7 Å². The highest BCUT2D eigenvalue weighted by Gasteiger charge is 2.57. The Morgan fingerprint density at radius 3 is 2.31 bits per heavy atom. The number of benzene rings is 2. The summed E-state index contributed by atoms with van der Waals surface area (Å²) in [6.45, 7) is 8.59. The summed E-state index contributed by atoms with van der Waals surface area (Å²) in [5, 5.41) is 6.25. The predicted molar refractivity (Wildman–Crippen MR) is 267 cm³/mol. The van der Waals surface area contributed by atoms with Gasteiger partial charge in [0.15, 0.2) is 0 Å². The van der Waals surface area contributed by atoms with Gasteiger partial charge in [0.05, 0.1) is 82.2 Å². The molecule has 4 fully saturated rings. The number of amides is 4. The molecule has 390 valence electrons. The van der Waals surface area contributed by atoms with Gasteiger partial charge in [-0.2, -0.15) is 0 Å². The molecule has 74 heavy (non-hydrogen) atoms. The SMILES string of the molecule is COC(=O)NC(C(=O)N1[C@@H]2C[C@@H]2C[C@H]1c1ncc(-c2ccc3c(c2)cc2n3C(c3ccc(C(F)F)s3)Oc3cc(-c4cnc([C@@H]5CCCN5C(=O)[C@@H](NC(=O)OC)C(C)C)[nH]4)cc(F)c3-2)[nH]1)C1CCOC(C)(C)C1. The molecule has 4 N–H and O–H groups in total. The van der Waals surface area contributed by atoms with Crippen LogP contribution in [0.15, 0.2) is 60.9 Å². The van der Waals surface area contributed by atoms with Gasteiger partial charge in [0.2, 0.25) is 18.0 Å². The Bertz CT molecular complexity index is 3170. The molecule has 1 aliphatic carbocycles. The average Bonchev–Trinajstić information content (AvgIpc) is 4.15. The summed E-state index contributed by atoms with van der Waals surface area (Å²) >= 11 is 0.922. The van der Waals surface area contributed by atoms with Crippen LogP contribution in [-0.2, 0) is 23.8 Å². The standard InChI is InChI=1S/C53H58F3N9O8S/c1-25(2)43(61-51(68)70-5)48(66)63-14-7-8-35(63)46-57-24-33(60-46)28-17-31(54)42-37-19-29-16-26(9-10-34(29)65(37)50(73-39(42)21-28)41-12-11-40(74-41)45(55)56)32-23-58-47(59-32)38-20-30-18-36(30)64(38)49(67)44(62-52(69)71-6)27-13-15-72-53(3,4)22-27/h9-12,16-17,19,21,23-25,27,30,35-36,38,43-45,50H,7-8,13-15,18,20,22H2,1-6H3,(H,57,60)(H,58,59)(H,61,68)(H,62,69)/t27?,30-,35+,36-,38+,43+,44?,50?/m1/s1. The number of carbonyl (C=O) groups excluding carboxylic acids is 4. The van der Waals surface area contributed by atoms with Crippen molar-refractivity contribution >= 4 is 46.2 Å². The van der Waals surface area contributed by atoms with Crippen LogP contribution in [0.4, 0.5) is 22.8 Å². The first-order valence-corrected chi connectivity index (χ1v) is 25.9. The first-order chi connectivity index (χ1) is 35.5. The van der Waals surface area contributed by atoms with Crippen LogP contribution >= 0.6 is 11.3 Å². The van der Waals surface area contributed by atoms with E-state index in [9.17, 15) is 28.0 Å². The van der Waals surface area contributed by atoms with Gasteiger partial charge in [0.1, 0.15) is 35.3 Å². The van der Waals surface area contributed by atoms with E-state index in [0.29, 0.717) is 89.4 Å². The van der Waals surface area contributed by atoms with E-state index in [4.69, 9.17) is 23.9 Å². The number of thiophene rings is 1. The summed E-state index contributed by atoms with van der Waals surface area (Å²) in [5.74, 6) is 0.263. The van der Waals surface area contributed by atoms with Gasteiger partial charge in [-0.15, -0.1) is 11.3 Å². The molecule has 2 aromatic carbocycles. The van der Waals surface area contributed by atoms with Crippen LogP contribution in [0.5, 0.6) is 5.75 Å². The second-order valence-corrected chi connectivity index (χ2v) is 22.1. The third-order valence-corrected chi connectivity index (χ3v) is 16.5. The van der Waals surface area contributed by atoms with Crippen molar-refractivity contribution in [3.05, 3.63) is 88.1 Å². The minimum Gasteiger partial charge on any atom is -0.464 e. The smallest absolute Gasteiger partial charge is 0.407 e. The number of nitrogens with one attached hydrogen (secondary N) is 4. The van der Waals surface area contributed by atoms with Crippen molar-refractivity contribution in [2.45, 2.75) is 115 Å². The maximum absolute atomic E-state index is 16.9. The Labute approximate surface area is 428 Å². The Morgan fingerprint density at radius 1 is 0.878 bits per heavy atom. The molecule has 4 amide bonds. The summed E-state index contributed by atoms with van der Waals surface area (Å²) in [6, 6.07) is 11.3. The average molecular weight is 1040 g/mol. The number of fused-ring (bicyclic) bond motifs is 6. The molecule has 0 radical (unpaired) electrons. The molecule has 0 spiro atoms. The van der Waals surface area contributed by atoms with E-state index in [2.05, 4.69) is 25.6 Å². The van der Waals surface area contributed by atoms with Crippen molar-refractivity contribution in [1.82, 2.24) is 44.9 Å². The highest BCUT2D eigenvalue weighted by molar-refractivity contribution is 7.12. The maximum atomic E-state index is 16.9. The van der Waals surface area contributed by atoms with E-state index in [1.54, 1.807) is 29.4 Å². The lowest BCUT2D eigenvalue weighted by Crippen LogP contribution is -2.55. The monoisotopic (exact) mass is 1040 g/mol. The molecule has 6 aromatic rings. The van der Waals surface area contributed by atoms with E-state index in [1.165, 1.54) is 26.4 Å². The summed E-state index contributed by atoms with van der Waals surface area (Å²) in [4.78, 5) is 73.5. The lowest BCUT2D eigenvalue weighted by Gasteiger charge is -2.40. The molecule has 3 unspecified atom stereocenters. The van der Waals surface area contributed by atoms with Crippen LogP contribution in [0.1, 0.15) is 112 Å². The van der Waals surface area contributed by atoms with Gasteiger partial charge in [-0.25, -0.2) is 32.7 Å². The number of hydrogen-bond donors (Lipinski definition) is 4. The van der Waals surface area contributed by atoms with Gasteiger partial charge in [-0.1, -0.05) is 19.9 Å². The Balaban J connectivity index is 0.900. The first-order valence-electron chi connectivity index (χ1n) is 25.1. The zero-order valence-corrected chi connectivity index (χ0v) is 42.6. The molecule has 3 saturated heterocycles. The number of aromatic nitrogens is 5. The summed E-state index contributed by atoms with van der Waals surface area (Å²) < 4.78 is 69.3. The number of piperidine rings is 1. The highest BCUT2D eigenvalue weighted by atomic mass is 32.1. The molecule has 21 heteroatoms. The largest absolute Gasteiger partial charge is 0.464 e. The fourth-order valence-electron chi connectivity index (χ4n) is 11.7. The second kappa shape index (κ2) is 19.1. The molecule has 4 aromatic heterocycles. The molecule has 5 aliphatic rings. The molecule has 17 nitrogen and oxygen atoms in total. The van der Waals surface area contributed by atoms with E-state index >= 15 is 4.39 Å². The normalized spacial score (nSPS) is 23.5. The van der Waals surface area contributed by atoms with E-state index < -0.39 is 54.4 Å². The number of nitrogens with zero attached hydrogens (tertiary/aromatic N) is 5. The van der Waals surface area contributed by atoms with Crippen molar-refractivity contribution in [1.29, 1.82) is 0 Å². The van der Waals surface area contributed by atoms with Gasteiger partial charge in [0.25, 0.3) is 6.43 Å². The molecule has 0 bridgehead atoms. The number of aromatic amines is 2. The first kappa shape index (κ1) is 49.3. The number of likely N-dealkylation sites (tertiary alicyclic amines) is 2. The van der Waals surface area contributed by atoms with Crippen molar-refractivity contribution in [3.63, 3.8) is 0 Å². The Morgan fingerprint density at radius 2 is 1.61 bits per heavy atom. The number of hydrogen-bond acceptors (Lipinski definition) is 11. The lowest BCUT2D eigenvalue weighted by molar-refractivity contribution is -0.140. The van der Waals surface area contributed by atoms with Crippen LogP contribution in [0.2, 0.25) is 0 Å². The third-order valence-electron chi connectivity index (χ3n) is 15.4. The fraction of sp³-hybridized carbons (Fsp3) is 0.472. The van der Waals surface area contributed by atoms with Crippen molar-refractivity contribution in [2.24, 2.45) is 17.8 Å². The fourth-order valence-corrected chi connectivity index (χ4v) is 12.6. The zero-order chi connectivity index (χ0) is 51.9. The van der Waals surface area contributed by atoms with E-state index in [-0.39, 0.29) is 51.9 Å². The third kappa shape index (κ3) is 8.94. The Hall–Kier alpha value is -6.87. The number of halogens is 3. The molecule has 1 saturated carbocycles. The van der Waals surface area contributed by atoms with Crippen LogP contribution < -0.4 is 15.4 Å². The molecular formula is C53H58F3N9O8S. The van der Waals surface area contributed by atoms with Crippen molar-refractivity contribution < 1.29 is 51.3 Å². The van der Waals surface area contributed by atoms with Crippen molar-refractivity contribution in [2.75, 3.05) is 27.4 Å². The van der Waals surface area contributed by atoms with Gasteiger partial charge in [-0.05, 0) is 113 Å². The minimum atomic E-state index is -2.70. The number of ether oxygens (including phenoxy) is 4. The molecular weight excluding hydrogens is 980 g/mol. The molecule has 4 aliphatic heterocycles. The van der Waals surface area contributed by atoms with Gasteiger partial charge >= 0.3 is 12.2 Å². The molecule has 8 heterocycles. The minimum absolute atomic E-state index is 0.0356. The van der Waals surface area contributed by atoms with Crippen LogP contribution in [-0.4, -0.2) is 109 Å². The number of methoxy groups -OCH3 is 2. The topological polar surface area (TPSA) is 198 Å². The summed E-state index contributed by atoms with van der Waals surface area (Å²) in [5.41, 5.74) is 3.26. The summed E-state index contributed by atoms with van der Waals surface area (Å²) in [7, 11) is 2.53. The second-order valence-electron chi connectivity index (χ2n) is 21.0. The van der Waals surface area contributed by atoms with Crippen LogP contribution in [0.25, 0.3) is 44.7 Å². The number of alkyl halides is 2. The Kier molecular flexibility index (Phi) is 12.7. The number of imidazole rings is 2. The number of H-pyrrole nitrogens is 2. The van der Waals surface area contributed by atoms with Crippen LogP contribution in [0.3, 0.4) is 0 Å². The molecule has 11 rings (SSSR count). The van der Waals surface area contributed by atoms with Gasteiger partial charge < -0.3 is 49.3 Å².